The third-order valence-electron chi connectivity index (χ3n) is 4.85. The number of allylic oxidation sites excluding steroid dienone is 2. The van der Waals surface area contributed by atoms with Gasteiger partial charge in [0.15, 0.2) is 0 Å². The molecule has 0 unspecified atom stereocenters. The van der Waals surface area contributed by atoms with Gasteiger partial charge in [-0.25, -0.2) is 0 Å². The van der Waals surface area contributed by atoms with E-state index in [1.54, 1.807) is 0 Å². The number of hydrogen-bond donors (Lipinski definition) is 2. The minimum atomic E-state index is 0.0214. The van der Waals surface area contributed by atoms with Crippen molar-refractivity contribution in [1.82, 2.24) is 5.32 Å². The average molecular weight is 368 g/mol. The zero-order valence-electron chi connectivity index (χ0n) is 17.4. The van der Waals surface area contributed by atoms with Crippen LogP contribution in [0.25, 0.3) is 0 Å². The van der Waals surface area contributed by atoms with Crippen LogP contribution in [0, 0.1) is 0 Å². The van der Waals surface area contributed by atoms with E-state index in [1.165, 1.54) is 83.5 Å². The maximum Gasteiger partial charge on any atom is 0.220 e. The number of rotatable bonds is 20. The van der Waals surface area contributed by atoms with Gasteiger partial charge in [-0.3, -0.25) is 4.79 Å². The number of nitrogens with one attached hydrogen (secondary N) is 1. The quantitative estimate of drug-likeness (QED) is 0.196. The summed E-state index contributed by atoms with van der Waals surface area (Å²) in [7, 11) is 0. The Morgan fingerprint density at radius 1 is 0.731 bits per heavy atom. The van der Waals surface area contributed by atoms with E-state index in [0.717, 1.165) is 19.3 Å². The number of amides is 1. The number of carbonyl (C=O) groups excluding carboxylic acids is 1. The first-order valence-electron chi connectivity index (χ1n) is 11.3. The van der Waals surface area contributed by atoms with Crippen molar-refractivity contribution >= 4 is 5.91 Å². The van der Waals surface area contributed by atoms with E-state index in [-0.39, 0.29) is 12.5 Å². The van der Waals surface area contributed by atoms with Crippen LogP contribution in [-0.4, -0.2) is 24.2 Å². The summed E-state index contributed by atoms with van der Waals surface area (Å²) in [6.07, 6.45) is 26.3. The predicted molar refractivity (Wildman–Crippen MR) is 113 cm³/mol. The molecule has 1 amide bonds. The largest absolute Gasteiger partial charge is 0.395 e. The Labute approximate surface area is 163 Å². The van der Waals surface area contributed by atoms with Crippen LogP contribution < -0.4 is 5.32 Å². The van der Waals surface area contributed by atoms with Crippen LogP contribution in [0.3, 0.4) is 0 Å². The summed E-state index contributed by atoms with van der Waals surface area (Å²) in [6, 6.07) is 0. The molecule has 2 N–H and O–H groups in total. The molecule has 0 rings (SSSR count). The van der Waals surface area contributed by atoms with E-state index < -0.39 is 0 Å². The molecule has 0 aliphatic rings. The van der Waals surface area contributed by atoms with Gasteiger partial charge in [0.25, 0.3) is 0 Å². The van der Waals surface area contributed by atoms with Crippen molar-refractivity contribution in [3.8, 4) is 0 Å². The lowest BCUT2D eigenvalue weighted by Crippen LogP contribution is -2.25. The molecule has 0 aromatic heterocycles. The van der Waals surface area contributed by atoms with E-state index in [9.17, 15) is 4.79 Å². The second-order valence-electron chi connectivity index (χ2n) is 7.47. The molecule has 3 heteroatoms. The standard InChI is InChI=1S/C23H45NO2/c1-2-3-4-5-6-7-8-9-10-11-12-13-14-15-16-17-18-19-20-23(26)24-21-22-25/h15-16,25H,2-14,17-22H2,1H3,(H,24,26). The molecular formula is C23H45NO2. The second-order valence-corrected chi connectivity index (χ2v) is 7.47. The summed E-state index contributed by atoms with van der Waals surface area (Å²) in [6.45, 7) is 2.67. The maximum atomic E-state index is 11.3. The van der Waals surface area contributed by atoms with Gasteiger partial charge >= 0.3 is 0 Å². The first kappa shape index (κ1) is 25.2. The number of aliphatic hydroxyl groups excluding tert-OH is 1. The Balaban J connectivity index is 3.14. The SMILES string of the molecule is CCCCCCCCCCCCCCC=CCCCCC(=O)NCCO. The molecule has 0 aromatic carbocycles. The molecule has 0 atom stereocenters. The molecule has 0 spiro atoms. The molecule has 0 aliphatic heterocycles. The van der Waals surface area contributed by atoms with Crippen molar-refractivity contribution in [1.29, 1.82) is 0 Å². The van der Waals surface area contributed by atoms with Crippen molar-refractivity contribution < 1.29 is 9.90 Å². The minimum Gasteiger partial charge on any atom is -0.395 e. The summed E-state index contributed by atoms with van der Waals surface area (Å²) in [5.41, 5.74) is 0. The summed E-state index contributed by atoms with van der Waals surface area (Å²) in [5.74, 6) is 0.0551. The van der Waals surface area contributed by atoms with Gasteiger partial charge in [0.1, 0.15) is 0 Å². The van der Waals surface area contributed by atoms with E-state index in [0.29, 0.717) is 13.0 Å². The van der Waals surface area contributed by atoms with Gasteiger partial charge < -0.3 is 10.4 Å². The fraction of sp³-hybridized carbons (Fsp3) is 0.870. The first-order valence-corrected chi connectivity index (χ1v) is 11.3. The summed E-state index contributed by atoms with van der Waals surface area (Å²) in [4.78, 5) is 11.3. The molecule has 26 heavy (non-hydrogen) atoms. The number of carbonyl (C=O) groups is 1. The average Bonchev–Trinajstić information content (AvgIpc) is 2.65. The molecular weight excluding hydrogens is 322 g/mol. The van der Waals surface area contributed by atoms with Gasteiger partial charge in [-0.2, -0.15) is 0 Å². The number of unbranched alkanes of at least 4 members (excludes halogenated alkanes) is 14. The van der Waals surface area contributed by atoms with Crippen LogP contribution in [0.1, 0.15) is 116 Å². The van der Waals surface area contributed by atoms with Gasteiger partial charge in [-0.15, -0.1) is 0 Å². The molecule has 0 saturated heterocycles. The molecule has 0 radical (unpaired) electrons. The van der Waals surface area contributed by atoms with Crippen LogP contribution in [0.5, 0.6) is 0 Å². The monoisotopic (exact) mass is 367 g/mol. The molecule has 0 fully saturated rings. The Morgan fingerprint density at radius 3 is 1.69 bits per heavy atom. The van der Waals surface area contributed by atoms with E-state index in [1.807, 2.05) is 0 Å². The fourth-order valence-corrected chi connectivity index (χ4v) is 3.17. The summed E-state index contributed by atoms with van der Waals surface area (Å²) >= 11 is 0. The van der Waals surface area contributed by atoms with Crippen molar-refractivity contribution in [3.63, 3.8) is 0 Å². The number of aliphatic hydroxyl groups is 1. The van der Waals surface area contributed by atoms with E-state index >= 15 is 0 Å². The minimum absolute atomic E-state index is 0.0214. The Bertz CT molecular complexity index is 315. The van der Waals surface area contributed by atoms with Crippen molar-refractivity contribution in [2.24, 2.45) is 0 Å². The molecule has 0 bridgehead atoms. The second kappa shape index (κ2) is 22.2. The van der Waals surface area contributed by atoms with Gasteiger partial charge in [-0.05, 0) is 32.1 Å². The highest BCUT2D eigenvalue weighted by atomic mass is 16.3. The molecule has 154 valence electrons. The highest BCUT2D eigenvalue weighted by molar-refractivity contribution is 5.75. The molecule has 3 nitrogen and oxygen atoms in total. The third-order valence-corrected chi connectivity index (χ3v) is 4.85. The van der Waals surface area contributed by atoms with Crippen molar-refractivity contribution in [2.45, 2.75) is 116 Å². The lowest BCUT2D eigenvalue weighted by atomic mass is 10.0. The topological polar surface area (TPSA) is 49.3 Å². The fourth-order valence-electron chi connectivity index (χ4n) is 3.17. The van der Waals surface area contributed by atoms with E-state index in [2.05, 4.69) is 24.4 Å². The van der Waals surface area contributed by atoms with Crippen molar-refractivity contribution in [3.05, 3.63) is 12.2 Å². The Hall–Kier alpha value is -0.830. The van der Waals surface area contributed by atoms with Gasteiger partial charge in [0, 0.05) is 13.0 Å². The molecule has 0 saturated carbocycles. The van der Waals surface area contributed by atoms with Gasteiger partial charge in [-0.1, -0.05) is 89.7 Å². The lowest BCUT2D eigenvalue weighted by Gasteiger charge is -2.02. The van der Waals surface area contributed by atoms with E-state index in [4.69, 9.17) is 5.11 Å². The normalized spacial score (nSPS) is 11.3. The highest BCUT2D eigenvalue weighted by Crippen LogP contribution is 2.12. The Morgan fingerprint density at radius 2 is 1.19 bits per heavy atom. The predicted octanol–water partition coefficient (Wildman–Crippen LogP) is 6.30. The molecule has 0 aromatic rings. The zero-order valence-corrected chi connectivity index (χ0v) is 17.4. The lowest BCUT2D eigenvalue weighted by molar-refractivity contribution is -0.121. The van der Waals surface area contributed by atoms with Crippen LogP contribution >= 0.6 is 0 Å². The van der Waals surface area contributed by atoms with Crippen LogP contribution in [-0.2, 0) is 4.79 Å². The summed E-state index contributed by atoms with van der Waals surface area (Å²) < 4.78 is 0. The summed E-state index contributed by atoms with van der Waals surface area (Å²) in [5, 5.41) is 11.3. The van der Waals surface area contributed by atoms with Crippen LogP contribution in [0.4, 0.5) is 0 Å². The smallest absolute Gasteiger partial charge is 0.220 e. The third kappa shape index (κ3) is 21.2. The first-order chi connectivity index (χ1) is 12.8. The van der Waals surface area contributed by atoms with Gasteiger partial charge in [0.05, 0.1) is 6.61 Å². The van der Waals surface area contributed by atoms with Gasteiger partial charge in [0.2, 0.25) is 5.91 Å². The van der Waals surface area contributed by atoms with Crippen LogP contribution in [0.2, 0.25) is 0 Å². The zero-order chi connectivity index (χ0) is 19.1. The number of hydrogen-bond acceptors (Lipinski definition) is 2. The molecule has 0 aliphatic carbocycles. The Kier molecular flexibility index (Phi) is 21.5. The maximum absolute atomic E-state index is 11.3. The molecule has 0 heterocycles. The van der Waals surface area contributed by atoms with Crippen LogP contribution in [0.15, 0.2) is 12.2 Å². The highest BCUT2D eigenvalue weighted by Gasteiger charge is 1.98. The van der Waals surface area contributed by atoms with Crippen molar-refractivity contribution in [2.75, 3.05) is 13.2 Å².